The number of amides is 1. The third-order valence-corrected chi connectivity index (χ3v) is 3.54. The Balaban J connectivity index is 2.32. The average molecular weight is 254 g/mol. The van der Waals surface area contributed by atoms with Crippen molar-refractivity contribution < 1.29 is 9.53 Å². The van der Waals surface area contributed by atoms with Gasteiger partial charge in [-0.25, -0.2) is 0 Å². The summed E-state index contributed by atoms with van der Waals surface area (Å²) in [6, 6.07) is 0.603. The van der Waals surface area contributed by atoms with E-state index in [1.807, 2.05) is 11.8 Å². The first-order valence-electron chi connectivity index (χ1n) is 6.74. The lowest BCUT2D eigenvalue weighted by Crippen LogP contribution is -2.47. The maximum absolute atomic E-state index is 12.1. The van der Waals surface area contributed by atoms with E-state index in [0.717, 1.165) is 32.4 Å². The molecule has 18 heavy (non-hydrogen) atoms. The molecule has 1 saturated heterocycles. The number of carbonyl (C=O) groups excluding carboxylic acids is 1. The van der Waals surface area contributed by atoms with Crippen molar-refractivity contribution in [3.63, 3.8) is 0 Å². The molecular weight excluding hydrogens is 228 g/mol. The average Bonchev–Trinajstić information content (AvgIpc) is 2.38. The lowest BCUT2D eigenvalue weighted by Gasteiger charge is -2.36. The van der Waals surface area contributed by atoms with Gasteiger partial charge in [0.1, 0.15) is 6.10 Å². The molecule has 0 aromatic rings. The zero-order valence-corrected chi connectivity index (χ0v) is 11.9. The summed E-state index contributed by atoms with van der Waals surface area (Å²) < 4.78 is 5.50. The second-order valence-electron chi connectivity index (χ2n) is 5.11. The molecule has 0 spiro atoms. The van der Waals surface area contributed by atoms with E-state index in [-0.39, 0.29) is 12.0 Å². The number of hydrogen-bond acceptors (Lipinski definition) is 3. The smallest absolute Gasteiger partial charge is 0.251 e. The van der Waals surface area contributed by atoms with Crippen LogP contribution in [0.25, 0.3) is 0 Å². The molecule has 1 rings (SSSR count). The van der Waals surface area contributed by atoms with Gasteiger partial charge in [-0.3, -0.25) is 4.79 Å². The molecule has 1 fully saturated rings. The fraction of sp³-hybridized carbons (Fsp3) is 0.786. The van der Waals surface area contributed by atoms with Crippen LogP contribution in [0, 0.1) is 0 Å². The number of nitrogens with zero attached hydrogens (tertiary/aromatic N) is 2. The molecule has 0 saturated carbocycles. The number of rotatable bonds is 6. The van der Waals surface area contributed by atoms with Crippen LogP contribution in [0.2, 0.25) is 0 Å². The minimum absolute atomic E-state index is 0.122. The second kappa shape index (κ2) is 7.54. The van der Waals surface area contributed by atoms with Crippen molar-refractivity contribution in [3.05, 3.63) is 12.7 Å². The first kappa shape index (κ1) is 15.2. The van der Waals surface area contributed by atoms with Gasteiger partial charge in [-0.1, -0.05) is 6.08 Å². The van der Waals surface area contributed by atoms with Gasteiger partial charge in [0, 0.05) is 19.1 Å². The predicted octanol–water partition coefficient (Wildman–Crippen LogP) is 1.52. The quantitative estimate of drug-likeness (QED) is 0.532. The van der Waals surface area contributed by atoms with Crippen molar-refractivity contribution in [3.8, 4) is 0 Å². The summed E-state index contributed by atoms with van der Waals surface area (Å²) in [6.07, 6.45) is 4.37. The van der Waals surface area contributed by atoms with Gasteiger partial charge in [0.15, 0.2) is 0 Å². The molecule has 0 N–H and O–H groups in total. The molecule has 1 heterocycles. The van der Waals surface area contributed by atoms with Crippen LogP contribution < -0.4 is 0 Å². The summed E-state index contributed by atoms with van der Waals surface area (Å²) >= 11 is 0. The number of hydrogen-bond donors (Lipinski definition) is 0. The number of ether oxygens (including phenoxy) is 1. The SMILES string of the molecule is C=CCCOC(C)C(=O)N1CCC(N(C)C)CC1. The monoisotopic (exact) mass is 254 g/mol. The van der Waals surface area contributed by atoms with Crippen LogP contribution in [0.3, 0.4) is 0 Å². The molecule has 0 aromatic carbocycles. The van der Waals surface area contributed by atoms with Crippen molar-refractivity contribution in [1.82, 2.24) is 9.80 Å². The Morgan fingerprint density at radius 2 is 2.11 bits per heavy atom. The first-order valence-corrected chi connectivity index (χ1v) is 6.74. The normalized spacial score (nSPS) is 19.0. The minimum Gasteiger partial charge on any atom is -0.368 e. The molecule has 1 aliphatic heterocycles. The lowest BCUT2D eigenvalue weighted by atomic mass is 10.0. The molecule has 4 heteroatoms. The predicted molar refractivity (Wildman–Crippen MR) is 73.5 cm³/mol. The van der Waals surface area contributed by atoms with Gasteiger partial charge in [0.25, 0.3) is 5.91 Å². The zero-order chi connectivity index (χ0) is 13.5. The second-order valence-corrected chi connectivity index (χ2v) is 5.11. The number of piperidine rings is 1. The summed E-state index contributed by atoms with van der Waals surface area (Å²) in [6.45, 7) is 7.74. The number of carbonyl (C=O) groups is 1. The van der Waals surface area contributed by atoms with Crippen molar-refractivity contribution >= 4 is 5.91 Å². The Morgan fingerprint density at radius 1 is 1.50 bits per heavy atom. The molecule has 0 bridgehead atoms. The molecule has 4 nitrogen and oxygen atoms in total. The van der Waals surface area contributed by atoms with Gasteiger partial charge in [-0.15, -0.1) is 6.58 Å². The van der Waals surface area contributed by atoms with Crippen molar-refractivity contribution in [2.75, 3.05) is 33.8 Å². The maximum Gasteiger partial charge on any atom is 0.251 e. The summed E-state index contributed by atoms with van der Waals surface area (Å²) in [5.74, 6) is 0.122. The van der Waals surface area contributed by atoms with Crippen LogP contribution in [0.4, 0.5) is 0 Å². The highest BCUT2D eigenvalue weighted by atomic mass is 16.5. The standard InChI is InChI=1S/C14H26N2O2/c1-5-6-11-18-12(2)14(17)16-9-7-13(8-10-16)15(3)4/h5,12-13H,1,6-11H2,2-4H3. The van der Waals surface area contributed by atoms with E-state index < -0.39 is 0 Å². The zero-order valence-electron chi connectivity index (χ0n) is 11.9. The fourth-order valence-corrected chi connectivity index (χ4v) is 2.26. The van der Waals surface area contributed by atoms with E-state index >= 15 is 0 Å². The molecule has 0 radical (unpaired) electrons. The van der Waals surface area contributed by atoms with Gasteiger partial charge >= 0.3 is 0 Å². The van der Waals surface area contributed by atoms with Crippen molar-refractivity contribution in [2.45, 2.75) is 38.3 Å². The third kappa shape index (κ3) is 4.42. The van der Waals surface area contributed by atoms with Crippen LogP contribution in [0.15, 0.2) is 12.7 Å². The van der Waals surface area contributed by atoms with Crippen LogP contribution in [-0.4, -0.2) is 61.6 Å². The largest absolute Gasteiger partial charge is 0.368 e. The van der Waals surface area contributed by atoms with E-state index in [0.29, 0.717) is 12.6 Å². The molecule has 1 unspecified atom stereocenters. The Morgan fingerprint density at radius 3 is 2.61 bits per heavy atom. The molecule has 0 aromatic heterocycles. The summed E-state index contributed by atoms with van der Waals surface area (Å²) in [5.41, 5.74) is 0. The van der Waals surface area contributed by atoms with Crippen molar-refractivity contribution in [1.29, 1.82) is 0 Å². The third-order valence-electron chi connectivity index (χ3n) is 3.54. The minimum atomic E-state index is -0.333. The molecule has 1 amide bonds. The Kier molecular flexibility index (Phi) is 6.36. The molecule has 0 aliphatic carbocycles. The van der Waals surface area contributed by atoms with E-state index in [1.165, 1.54) is 0 Å². The van der Waals surface area contributed by atoms with Gasteiger partial charge in [-0.05, 0) is 40.3 Å². The van der Waals surface area contributed by atoms with Crippen LogP contribution in [0.1, 0.15) is 26.2 Å². The number of likely N-dealkylation sites (tertiary alicyclic amines) is 1. The summed E-state index contributed by atoms with van der Waals surface area (Å²) in [5, 5.41) is 0. The van der Waals surface area contributed by atoms with Crippen molar-refractivity contribution in [2.24, 2.45) is 0 Å². The summed E-state index contributed by atoms with van der Waals surface area (Å²) in [4.78, 5) is 16.3. The Bertz CT molecular complexity index is 271. The van der Waals surface area contributed by atoms with E-state index in [1.54, 1.807) is 6.08 Å². The first-order chi connectivity index (χ1) is 8.56. The fourth-order valence-electron chi connectivity index (χ4n) is 2.26. The topological polar surface area (TPSA) is 32.8 Å². The molecule has 1 atom stereocenters. The highest BCUT2D eigenvalue weighted by molar-refractivity contribution is 5.80. The Hall–Kier alpha value is -0.870. The highest BCUT2D eigenvalue weighted by Crippen LogP contribution is 2.15. The van der Waals surface area contributed by atoms with Gasteiger partial charge < -0.3 is 14.5 Å². The molecular formula is C14H26N2O2. The van der Waals surface area contributed by atoms with Crippen LogP contribution >= 0.6 is 0 Å². The molecule has 1 aliphatic rings. The van der Waals surface area contributed by atoms with E-state index in [4.69, 9.17) is 4.74 Å². The van der Waals surface area contributed by atoms with Gasteiger partial charge in [0.2, 0.25) is 0 Å². The summed E-state index contributed by atoms with van der Waals surface area (Å²) in [7, 11) is 4.20. The van der Waals surface area contributed by atoms with Crippen LogP contribution in [-0.2, 0) is 9.53 Å². The van der Waals surface area contributed by atoms with E-state index in [2.05, 4.69) is 25.6 Å². The molecule has 104 valence electrons. The Labute approximate surface area is 111 Å². The van der Waals surface area contributed by atoms with E-state index in [9.17, 15) is 4.79 Å². The van der Waals surface area contributed by atoms with Crippen LogP contribution in [0.5, 0.6) is 0 Å². The lowest BCUT2D eigenvalue weighted by molar-refractivity contribution is -0.144. The maximum atomic E-state index is 12.1. The van der Waals surface area contributed by atoms with Gasteiger partial charge in [-0.2, -0.15) is 0 Å². The highest BCUT2D eigenvalue weighted by Gasteiger charge is 2.26. The van der Waals surface area contributed by atoms with Gasteiger partial charge in [0.05, 0.1) is 6.61 Å².